The number of methoxy groups -OCH3 is 1. The van der Waals surface area contributed by atoms with E-state index in [1.165, 1.54) is 4.68 Å². The summed E-state index contributed by atoms with van der Waals surface area (Å²) in [5.74, 6) is 0.592. The zero-order valence-corrected chi connectivity index (χ0v) is 10.6. The van der Waals surface area contributed by atoms with Crippen LogP contribution >= 0.6 is 0 Å². The Morgan fingerprint density at radius 1 is 1.39 bits per heavy atom. The maximum absolute atomic E-state index is 12.0. The van der Waals surface area contributed by atoms with Gasteiger partial charge in [-0.05, 0) is 36.8 Å². The molecule has 1 aromatic heterocycles. The molecule has 0 spiro atoms. The van der Waals surface area contributed by atoms with E-state index in [0.717, 1.165) is 17.0 Å². The molecule has 0 aliphatic rings. The number of carbonyl (C=O) groups excluding carboxylic acids is 1. The summed E-state index contributed by atoms with van der Waals surface area (Å²) in [7, 11) is 3.35. The van der Waals surface area contributed by atoms with Gasteiger partial charge < -0.3 is 10.1 Å². The van der Waals surface area contributed by atoms with Gasteiger partial charge in [-0.15, -0.1) is 0 Å². The fourth-order valence-electron chi connectivity index (χ4n) is 1.69. The Kier molecular flexibility index (Phi) is 3.32. The molecule has 0 atom stereocenters. The molecule has 0 aliphatic carbocycles. The lowest BCUT2D eigenvalue weighted by molar-refractivity contribution is 0.101. The molecule has 94 valence electrons. The molecule has 0 fully saturated rings. The molecule has 1 N–H and O–H groups in total. The number of benzene rings is 1. The zero-order chi connectivity index (χ0) is 13.1. The molecule has 0 unspecified atom stereocenters. The first-order chi connectivity index (χ1) is 8.61. The van der Waals surface area contributed by atoms with Gasteiger partial charge in [0.15, 0.2) is 0 Å². The van der Waals surface area contributed by atoms with E-state index in [4.69, 9.17) is 4.74 Å². The molecule has 1 amide bonds. The minimum absolute atomic E-state index is 0.178. The zero-order valence-electron chi connectivity index (χ0n) is 10.6. The van der Waals surface area contributed by atoms with Gasteiger partial charge in [-0.3, -0.25) is 9.48 Å². The average molecular weight is 245 g/mol. The molecule has 5 heteroatoms. The Labute approximate surface area is 105 Å². The van der Waals surface area contributed by atoms with E-state index in [2.05, 4.69) is 10.4 Å². The summed E-state index contributed by atoms with van der Waals surface area (Å²) in [4.78, 5) is 12.0. The Bertz CT molecular complexity index is 575. The predicted molar refractivity (Wildman–Crippen MR) is 68.9 cm³/mol. The largest absolute Gasteiger partial charge is 0.497 e. The summed E-state index contributed by atoms with van der Waals surface area (Å²) in [6.07, 6.45) is 1.59. The Morgan fingerprint density at radius 3 is 2.72 bits per heavy atom. The highest BCUT2D eigenvalue weighted by Gasteiger charge is 2.11. The number of nitrogens with one attached hydrogen (secondary N) is 1. The average Bonchev–Trinajstić information content (AvgIpc) is 2.78. The molecule has 0 radical (unpaired) electrons. The second kappa shape index (κ2) is 4.91. The lowest BCUT2D eigenvalue weighted by Crippen LogP contribution is -2.16. The number of rotatable bonds is 3. The third-order valence-electron chi connectivity index (χ3n) is 2.74. The number of hydrogen-bond acceptors (Lipinski definition) is 3. The second-order valence-corrected chi connectivity index (χ2v) is 3.98. The van der Waals surface area contributed by atoms with Crippen molar-refractivity contribution in [1.82, 2.24) is 9.78 Å². The van der Waals surface area contributed by atoms with E-state index in [1.54, 1.807) is 26.4 Å². The number of anilines is 1. The molecule has 18 heavy (non-hydrogen) atoms. The summed E-state index contributed by atoms with van der Waals surface area (Å²) in [6, 6.07) is 7.18. The van der Waals surface area contributed by atoms with E-state index in [9.17, 15) is 4.79 Å². The highest BCUT2D eigenvalue weighted by Crippen LogP contribution is 2.21. The van der Waals surface area contributed by atoms with Crippen molar-refractivity contribution in [1.29, 1.82) is 0 Å². The molecule has 0 bridgehead atoms. The highest BCUT2D eigenvalue weighted by atomic mass is 16.5. The minimum Gasteiger partial charge on any atom is -0.497 e. The van der Waals surface area contributed by atoms with Crippen molar-refractivity contribution in [2.45, 2.75) is 6.92 Å². The Hall–Kier alpha value is -2.30. The van der Waals surface area contributed by atoms with Crippen LogP contribution in [0, 0.1) is 6.92 Å². The van der Waals surface area contributed by atoms with Crippen LogP contribution in [-0.2, 0) is 7.05 Å². The third kappa shape index (κ3) is 2.34. The van der Waals surface area contributed by atoms with Crippen molar-refractivity contribution in [3.63, 3.8) is 0 Å². The first-order valence-electron chi connectivity index (χ1n) is 5.56. The monoisotopic (exact) mass is 245 g/mol. The molecule has 0 saturated heterocycles. The van der Waals surface area contributed by atoms with Gasteiger partial charge in [-0.25, -0.2) is 0 Å². The normalized spacial score (nSPS) is 10.2. The van der Waals surface area contributed by atoms with Crippen LogP contribution in [0.2, 0.25) is 0 Å². The maximum Gasteiger partial charge on any atom is 0.273 e. The number of carbonyl (C=O) groups is 1. The SMILES string of the molecule is COc1ccc(NC(=O)c2ccnn2C)c(C)c1. The van der Waals surface area contributed by atoms with Crippen LogP contribution in [0.1, 0.15) is 16.1 Å². The number of aryl methyl sites for hydroxylation is 2. The van der Waals surface area contributed by atoms with Crippen molar-refractivity contribution >= 4 is 11.6 Å². The van der Waals surface area contributed by atoms with E-state index in [1.807, 2.05) is 25.1 Å². The van der Waals surface area contributed by atoms with Crippen LogP contribution in [0.15, 0.2) is 30.5 Å². The second-order valence-electron chi connectivity index (χ2n) is 3.98. The molecule has 5 nitrogen and oxygen atoms in total. The third-order valence-corrected chi connectivity index (χ3v) is 2.74. The van der Waals surface area contributed by atoms with E-state index in [0.29, 0.717) is 5.69 Å². The van der Waals surface area contributed by atoms with E-state index in [-0.39, 0.29) is 5.91 Å². The predicted octanol–water partition coefficient (Wildman–Crippen LogP) is 1.99. The van der Waals surface area contributed by atoms with Crippen LogP contribution in [-0.4, -0.2) is 22.8 Å². The maximum atomic E-state index is 12.0. The summed E-state index contributed by atoms with van der Waals surface area (Å²) < 4.78 is 6.66. The summed E-state index contributed by atoms with van der Waals surface area (Å²) >= 11 is 0. The Morgan fingerprint density at radius 2 is 2.17 bits per heavy atom. The van der Waals surface area contributed by atoms with Crippen molar-refractivity contribution in [2.24, 2.45) is 7.05 Å². The standard InChI is InChI=1S/C13H15N3O2/c1-9-8-10(18-3)4-5-11(9)15-13(17)12-6-7-14-16(12)2/h4-8H,1-3H3,(H,15,17). The lowest BCUT2D eigenvalue weighted by Gasteiger charge is -2.09. The van der Waals surface area contributed by atoms with Gasteiger partial charge >= 0.3 is 0 Å². The number of aromatic nitrogens is 2. The van der Waals surface area contributed by atoms with Crippen LogP contribution in [0.25, 0.3) is 0 Å². The van der Waals surface area contributed by atoms with Crippen LogP contribution < -0.4 is 10.1 Å². The number of amides is 1. The van der Waals surface area contributed by atoms with Gasteiger partial charge in [0.2, 0.25) is 0 Å². The summed E-state index contributed by atoms with van der Waals surface area (Å²) in [5, 5.41) is 6.81. The summed E-state index contributed by atoms with van der Waals surface area (Å²) in [6.45, 7) is 1.92. The van der Waals surface area contributed by atoms with Crippen molar-refractivity contribution in [2.75, 3.05) is 12.4 Å². The van der Waals surface area contributed by atoms with E-state index < -0.39 is 0 Å². The number of nitrogens with zero attached hydrogens (tertiary/aromatic N) is 2. The quantitative estimate of drug-likeness (QED) is 0.899. The molecule has 1 heterocycles. The number of ether oxygens (including phenoxy) is 1. The fourth-order valence-corrected chi connectivity index (χ4v) is 1.69. The first kappa shape index (κ1) is 12.2. The molecule has 2 aromatic rings. The molecular formula is C13H15N3O2. The van der Waals surface area contributed by atoms with Gasteiger partial charge in [0.25, 0.3) is 5.91 Å². The van der Waals surface area contributed by atoms with Crippen molar-refractivity contribution < 1.29 is 9.53 Å². The topological polar surface area (TPSA) is 56.1 Å². The van der Waals surface area contributed by atoms with Crippen LogP contribution in [0.5, 0.6) is 5.75 Å². The Balaban J connectivity index is 2.20. The molecule has 0 saturated carbocycles. The van der Waals surface area contributed by atoms with Crippen LogP contribution in [0.3, 0.4) is 0 Å². The van der Waals surface area contributed by atoms with Gasteiger partial charge in [0, 0.05) is 18.9 Å². The van der Waals surface area contributed by atoms with Gasteiger partial charge in [-0.1, -0.05) is 0 Å². The van der Waals surface area contributed by atoms with Gasteiger partial charge in [-0.2, -0.15) is 5.10 Å². The van der Waals surface area contributed by atoms with Gasteiger partial charge in [0.1, 0.15) is 11.4 Å². The van der Waals surface area contributed by atoms with Crippen molar-refractivity contribution in [3.8, 4) is 5.75 Å². The fraction of sp³-hybridized carbons (Fsp3) is 0.231. The first-order valence-corrected chi connectivity index (χ1v) is 5.56. The molecule has 1 aromatic carbocycles. The highest BCUT2D eigenvalue weighted by molar-refractivity contribution is 6.03. The molecule has 2 rings (SSSR count). The van der Waals surface area contributed by atoms with E-state index >= 15 is 0 Å². The summed E-state index contributed by atoms with van der Waals surface area (Å²) in [5.41, 5.74) is 2.23. The smallest absolute Gasteiger partial charge is 0.273 e. The molecule has 0 aliphatic heterocycles. The minimum atomic E-state index is -0.178. The van der Waals surface area contributed by atoms with Crippen LogP contribution in [0.4, 0.5) is 5.69 Å². The van der Waals surface area contributed by atoms with Crippen molar-refractivity contribution in [3.05, 3.63) is 41.7 Å². The number of hydrogen-bond donors (Lipinski definition) is 1. The molecular weight excluding hydrogens is 230 g/mol. The van der Waals surface area contributed by atoms with Gasteiger partial charge in [0.05, 0.1) is 7.11 Å². The lowest BCUT2D eigenvalue weighted by atomic mass is 10.2.